The summed E-state index contributed by atoms with van der Waals surface area (Å²) in [6.07, 6.45) is 4.10. The van der Waals surface area contributed by atoms with Crippen molar-refractivity contribution in [3.63, 3.8) is 0 Å². The monoisotopic (exact) mass is 503 g/mol. The van der Waals surface area contributed by atoms with Crippen LogP contribution in [0.1, 0.15) is 80.7 Å². The Hall–Kier alpha value is -1.89. The fourth-order valence-electron chi connectivity index (χ4n) is 4.02. The van der Waals surface area contributed by atoms with Gasteiger partial charge in [0.2, 0.25) is 0 Å². The van der Waals surface area contributed by atoms with Crippen LogP contribution in [0.5, 0.6) is 5.75 Å². The fraction of sp³-hybridized carbons (Fsp3) is 0.586. The van der Waals surface area contributed by atoms with Gasteiger partial charge in [0, 0.05) is 25.3 Å². The lowest BCUT2D eigenvalue weighted by atomic mass is 9.85. The van der Waals surface area contributed by atoms with Crippen molar-refractivity contribution in [2.24, 2.45) is 5.41 Å². The number of hydrogen-bond donors (Lipinski definition) is 2. The molecular weight excluding hydrogens is 458 g/mol. The zero-order valence-corrected chi connectivity index (χ0v) is 23.5. The first-order valence-corrected chi connectivity index (χ1v) is 14.8. The van der Waals surface area contributed by atoms with Crippen molar-refractivity contribution >= 4 is 9.84 Å². The van der Waals surface area contributed by atoms with E-state index in [9.17, 15) is 13.5 Å². The van der Waals surface area contributed by atoms with E-state index in [1.807, 2.05) is 26.8 Å². The molecule has 2 aromatic rings. The lowest BCUT2D eigenvalue weighted by Crippen LogP contribution is -2.32. The molecule has 0 saturated carbocycles. The SMILES string of the molecule is CCCCC(c1ccc(CNCCS(C)(=O)=O)c(C)c1)c1ccc(OCC(O)C(C)(C)C)c(C)c1. The number of aryl methyl sites for hydroxylation is 2. The number of aliphatic hydroxyl groups excluding tert-OH is 1. The molecule has 0 aliphatic carbocycles. The van der Waals surface area contributed by atoms with Gasteiger partial charge in [-0.05, 0) is 59.6 Å². The zero-order valence-electron chi connectivity index (χ0n) is 22.6. The first-order valence-electron chi connectivity index (χ1n) is 12.7. The van der Waals surface area contributed by atoms with Gasteiger partial charge < -0.3 is 15.2 Å². The summed E-state index contributed by atoms with van der Waals surface area (Å²) < 4.78 is 28.6. The second-order valence-corrected chi connectivity index (χ2v) is 13.2. The lowest BCUT2D eigenvalue weighted by molar-refractivity contribution is 0.0216. The smallest absolute Gasteiger partial charge is 0.148 e. The summed E-state index contributed by atoms with van der Waals surface area (Å²) in [5.41, 5.74) is 5.84. The molecule has 0 fully saturated rings. The van der Waals surface area contributed by atoms with E-state index in [0.29, 0.717) is 19.0 Å². The number of nitrogens with one attached hydrogen (secondary N) is 1. The van der Waals surface area contributed by atoms with Crippen LogP contribution in [0, 0.1) is 19.3 Å². The van der Waals surface area contributed by atoms with Crippen molar-refractivity contribution < 1.29 is 18.3 Å². The molecule has 0 aliphatic rings. The van der Waals surface area contributed by atoms with E-state index in [1.54, 1.807) is 0 Å². The molecule has 0 amide bonds. The van der Waals surface area contributed by atoms with Crippen LogP contribution in [-0.2, 0) is 16.4 Å². The number of sulfone groups is 1. The zero-order chi connectivity index (χ0) is 26.2. The summed E-state index contributed by atoms with van der Waals surface area (Å²) >= 11 is 0. The van der Waals surface area contributed by atoms with Crippen molar-refractivity contribution in [3.8, 4) is 5.75 Å². The minimum Gasteiger partial charge on any atom is -0.491 e. The van der Waals surface area contributed by atoms with Crippen LogP contribution >= 0.6 is 0 Å². The van der Waals surface area contributed by atoms with Gasteiger partial charge >= 0.3 is 0 Å². The molecule has 2 aromatic carbocycles. The molecule has 0 heterocycles. The highest BCUT2D eigenvalue weighted by atomic mass is 32.2. The third-order valence-electron chi connectivity index (χ3n) is 6.58. The van der Waals surface area contributed by atoms with Crippen LogP contribution < -0.4 is 10.1 Å². The van der Waals surface area contributed by atoms with Crippen LogP contribution in [0.25, 0.3) is 0 Å². The number of aliphatic hydroxyl groups is 1. The van der Waals surface area contributed by atoms with Gasteiger partial charge in [-0.2, -0.15) is 0 Å². The van der Waals surface area contributed by atoms with Crippen LogP contribution in [0.15, 0.2) is 36.4 Å². The second kappa shape index (κ2) is 12.9. The first kappa shape index (κ1) is 29.3. The van der Waals surface area contributed by atoms with E-state index in [-0.39, 0.29) is 17.8 Å². The molecular formula is C29H45NO4S. The highest BCUT2D eigenvalue weighted by molar-refractivity contribution is 7.90. The largest absolute Gasteiger partial charge is 0.491 e. The van der Waals surface area contributed by atoms with Crippen molar-refractivity contribution in [1.29, 1.82) is 0 Å². The van der Waals surface area contributed by atoms with Gasteiger partial charge in [0.15, 0.2) is 0 Å². The molecule has 0 spiro atoms. The Kier molecular flexibility index (Phi) is 10.8. The highest BCUT2D eigenvalue weighted by Crippen LogP contribution is 2.34. The van der Waals surface area contributed by atoms with Crippen LogP contribution in [-0.4, -0.2) is 44.8 Å². The maximum Gasteiger partial charge on any atom is 0.148 e. The van der Waals surface area contributed by atoms with Crippen molar-refractivity contribution in [2.75, 3.05) is 25.2 Å². The number of hydrogen-bond acceptors (Lipinski definition) is 5. The standard InChI is InChI=1S/C29H45NO4S/c1-8-9-10-26(23-11-12-25(21(2)17-23)19-30-15-16-35(7,32)33)24-13-14-27(22(3)18-24)34-20-28(31)29(4,5)6/h11-14,17-18,26,28,30-31H,8-10,15-16,19-20H2,1-7H3. The Morgan fingerprint density at radius 1 is 1.03 bits per heavy atom. The lowest BCUT2D eigenvalue weighted by Gasteiger charge is -2.26. The van der Waals surface area contributed by atoms with Gasteiger partial charge in [-0.3, -0.25) is 0 Å². The van der Waals surface area contributed by atoms with Crippen molar-refractivity contribution in [1.82, 2.24) is 5.32 Å². The van der Waals surface area contributed by atoms with E-state index in [1.165, 1.54) is 28.5 Å². The summed E-state index contributed by atoms with van der Waals surface area (Å²) in [7, 11) is -2.95. The second-order valence-electron chi connectivity index (χ2n) is 10.9. The molecule has 0 aliphatic heterocycles. The number of unbranched alkanes of at least 4 members (excludes halogenated alkanes) is 1. The molecule has 0 bridgehead atoms. The van der Waals surface area contributed by atoms with E-state index in [2.05, 4.69) is 56.4 Å². The summed E-state index contributed by atoms with van der Waals surface area (Å²) in [4.78, 5) is 0. The summed E-state index contributed by atoms with van der Waals surface area (Å²) in [6, 6.07) is 13.0. The third-order valence-corrected chi connectivity index (χ3v) is 7.52. The third kappa shape index (κ3) is 9.59. The average Bonchev–Trinajstić information content (AvgIpc) is 2.76. The number of rotatable bonds is 13. The molecule has 0 radical (unpaired) electrons. The van der Waals surface area contributed by atoms with Crippen LogP contribution in [0.2, 0.25) is 0 Å². The highest BCUT2D eigenvalue weighted by Gasteiger charge is 2.23. The van der Waals surface area contributed by atoms with E-state index in [4.69, 9.17) is 4.74 Å². The van der Waals surface area contributed by atoms with Crippen LogP contribution in [0.4, 0.5) is 0 Å². The fourth-order valence-corrected chi connectivity index (χ4v) is 4.53. The molecule has 0 aromatic heterocycles. The van der Waals surface area contributed by atoms with Crippen molar-refractivity contribution in [2.45, 2.75) is 79.4 Å². The normalized spacial score (nSPS) is 14.1. The molecule has 0 saturated heterocycles. The van der Waals surface area contributed by atoms with Gasteiger partial charge in [-0.25, -0.2) is 8.42 Å². The predicted molar refractivity (Wildman–Crippen MR) is 146 cm³/mol. The Morgan fingerprint density at radius 3 is 2.20 bits per heavy atom. The van der Waals surface area contributed by atoms with Gasteiger partial charge in [0.1, 0.15) is 22.2 Å². The van der Waals surface area contributed by atoms with Gasteiger partial charge in [-0.15, -0.1) is 0 Å². The molecule has 2 N–H and O–H groups in total. The van der Waals surface area contributed by atoms with Gasteiger partial charge in [0.05, 0.1) is 11.9 Å². The maximum absolute atomic E-state index is 11.3. The minimum atomic E-state index is -2.95. The molecule has 2 unspecified atom stereocenters. The average molecular weight is 504 g/mol. The summed E-state index contributed by atoms with van der Waals surface area (Å²) in [5.74, 6) is 1.27. The molecule has 2 rings (SSSR count). The Bertz CT molecular complexity index is 1060. The molecule has 5 nitrogen and oxygen atoms in total. The van der Waals surface area contributed by atoms with E-state index in [0.717, 1.165) is 30.6 Å². The maximum atomic E-state index is 11.3. The summed E-state index contributed by atoms with van der Waals surface area (Å²) in [5, 5.41) is 13.6. The van der Waals surface area contributed by atoms with Gasteiger partial charge in [-0.1, -0.05) is 70.9 Å². The molecule has 6 heteroatoms. The van der Waals surface area contributed by atoms with E-state index < -0.39 is 15.9 Å². The summed E-state index contributed by atoms with van der Waals surface area (Å²) in [6.45, 7) is 13.8. The predicted octanol–water partition coefficient (Wildman–Crippen LogP) is 5.55. The molecule has 196 valence electrons. The first-order chi connectivity index (χ1) is 16.3. The van der Waals surface area contributed by atoms with Crippen LogP contribution in [0.3, 0.4) is 0 Å². The Balaban J connectivity index is 2.17. The topological polar surface area (TPSA) is 75.6 Å². The number of ether oxygens (including phenoxy) is 1. The molecule has 2 atom stereocenters. The number of benzene rings is 2. The van der Waals surface area contributed by atoms with Gasteiger partial charge in [0.25, 0.3) is 0 Å². The Labute approximate surface area is 213 Å². The quantitative estimate of drug-likeness (QED) is 0.351. The minimum absolute atomic E-state index is 0.150. The Morgan fingerprint density at radius 2 is 1.66 bits per heavy atom. The molecule has 35 heavy (non-hydrogen) atoms. The van der Waals surface area contributed by atoms with E-state index >= 15 is 0 Å². The van der Waals surface area contributed by atoms with Crippen molar-refractivity contribution in [3.05, 3.63) is 64.2 Å².